The number of primary sulfonamides is 1. The first-order chi connectivity index (χ1) is 15.6. The number of halogens is 3. The first-order valence-corrected chi connectivity index (χ1v) is 11.2. The molecule has 0 aliphatic heterocycles. The third kappa shape index (κ3) is 3.78. The summed E-state index contributed by atoms with van der Waals surface area (Å²) in [6.45, 7) is -0.766. The van der Waals surface area contributed by atoms with Crippen molar-refractivity contribution in [1.29, 1.82) is 0 Å². The molecule has 4 aromatic rings. The number of sulfonamides is 1. The maximum Gasteiger partial charge on any atom is 0.241 e. The second-order valence-corrected chi connectivity index (χ2v) is 8.83. The Morgan fingerprint density at radius 2 is 1.48 bits per heavy atom. The van der Waals surface area contributed by atoms with Gasteiger partial charge in [-0.25, -0.2) is 31.7 Å². The maximum atomic E-state index is 14.9. The van der Waals surface area contributed by atoms with Crippen LogP contribution in [0.2, 0.25) is 0 Å². The van der Waals surface area contributed by atoms with Gasteiger partial charge in [0, 0.05) is 23.7 Å². The molecule has 0 spiro atoms. The third-order valence-corrected chi connectivity index (χ3v) is 6.21. The molecule has 0 bridgehead atoms. The standard InChI is InChI=1S/C22H18F3N3O4S/c23-15-7-3-1-5-13(15)22(30,14-6-2-4-8-16(14)24)21-27-18-11-17(25)20(33(26,31)32)12-19(18)28(21)9-10-29/h1-8,11-12,29-30H,9-10H2,(H2,26,31,32). The van der Waals surface area contributed by atoms with Crippen molar-refractivity contribution < 1.29 is 31.8 Å². The first-order valence-electron chi connectivity index (χ1n) is 9.65. The lowest BCUT2D eigenvalue weighted by atomic mass is 9.84. The molecule has 0 saturated heterocycles. The average molecular weight is 477 g/mol. The van der Waals surface area contributed by atoms with Crippen LogP contribution >= 0.6 is 0 Å². The SMILES string of the molecule is NS(=O)(=O)c1cc2c(cc1F)nc(C(O)(c1ccccc1F)c1ccccc1F)n2CCO. The van der Waals surface area contributed by atoms with Gasteiger partial charge in [0.2, 0.25) is 10.0 Å². The highest BCUT2D eigenvalue weighted by Crippen LogP contribution is 2.40. The molecular formula is C22H18F3N3O4S. The van der Waals surface area contributed by atoms with Gasteiger partial charge in [-0.05, 0) is 18.2 Å². The topological polar surface area (TPSA) is 118 Å². The van der Waals surface area contributed by atoms with Crippen molar-refractivity contribution in [3.63, 3.8) is 0 Å². The predicted octanol–water partition coefficient (Wildman–Crippen LogP) is 2.38. The van der Waals surface area contributed by atoms with Crippen LogP contribution in [-0.4, -0.2) is 34.8 Å². The molecule has 0 atom stereocenters. The Morgan fingerprint density at radius 3 is 1.97 bits per heavy atom. The summed E-state index contributed by atoms with van der Waals surface area (Å²) in [7, 11) is -4.46. The van der Waals surface area contributed by atoms with Gasteiger partial charge in [0.25, 0.3) is 0 Å². The van der Waals surface area contributed by atoms with Crippen molar-refractivity contribution in [2.24, 2.45) is 5.14 Å². The molecule has 0 aliphatic carbocycles. The Bertz CT molecular complexity index is 1430. The van der Waals surface area contributed by atoms with Gasteiger partial charge in [-0.1, -0.05) is 36.4 Å². The van der Waals surface area contributed by atoms with E-state index in [9.17, 15) is 31.8 Å². The van der Waals surface area contributed by atoms with Crippen LogP contribution in [0.3, 0.4) is 0 Å². The minimum atomic E-state index is -4.46. The molecule has 0 amide bonds. The molecule has 0 aliphatic rings. The van der Waals surface area contributed by atoms with Crippen LogP contribution in [0, 0.1) is 17.5 Å². The van der Waals surface area contributed by atoms with Crippen molar-refractivity contribution in [2.75, 3.05) is 6.61 Å². The highest BCUT2D eigenvalue weighted by atomic mass is 32.2. The molecule has 1 aromatic heterocycles. The minimum absolute atomic E-state index is 0.0180. The van der Waals surface area contributed by atoms with E-state index >= 15 is 0 Å². The van der Waals surface area contributed by atoms with E-state index in [1.807, 2.05) is 0 Å². The summed E-state index contributed by atoms with van der Waals surface area (Å²) in [4.78, 5) is 3.38. The van der Waals surface area contributed by atoms with E-state index in [0.29, 0.717) is 0 Å². The van der Waals surface area contributed by atoms with Crippen molar-refractivity contribution in [1.82, 2.24) is 9.55 Å². The highest BCUT2D eigenvalue weighted by molar-refractivity contribution is 7.89. The monoisotopic (exact) mass is 477 g/mol. The molecule has 0 saturated carbocycles. The average Bonchev–Trinajstić information content (AvgIpc) is 3.10. The van der Waals surface area contributed by atoms with Crippen LogP contribution in [0.5, 0.6) is 0 Å². The summed E-state index contributed by atoms with van der Waals surface area (Å²) in [5, 5.41) is 26.6. The molecule has 4 N–H and O–H groups in total. The van der Waals surface area contributed by atoms with Gasteiger partial charge >= 0.3 is 0 Å². The largest absolute Gasteiger partial charge is 0.395 e. The van der Waals surface area contributed by atoms with Crippen LogP contribution in [0.25, 0.3) is 11.0 Å². The minimum Gasteiger partial charge on any atom is -0.395 e. The summed E-state index contributed by atoms with van der Waals surface area (Å²) in [6.07, 6.45) is 0. The second-order valence-electron chi connectivity index (χ2n) is 7.30. The lowest BCUT2D eigenvalue weighted by molar-refractivity contribution is 0.102. The number of imidazole rings is 1. The van der Waals surface area contributed by atoms with Crippen LogP contribution in [0.4, 0.5) is 13.2 Å². The summed E-state index contributed by atoms with van der Waals surface area (Å²) in [5.41, 5.74) is -3.36. The van der Waals surface area contributed by atoms with Crippen LogP contribution in [0.1, 0.15) is 17.0 Å². The number of benzene rings is 3. The smallest absolute Gasteiger partial charge is 0.241 e. The molecule has 33 heavy (non-hydrogen) atoms. The summed E-state index contributed by atoms with van der Waals surface area (Å²) < 4.78 is 69.1. The molecule has 0 fully saturated rings. The summed E-state index contributed by atoms with van der Waals surface area (Å²) in [6, 6.07) is 11.9. The van der Waals surface area contributed by atoms with Crippen molar-refractivity contribution in [3.8, 4) is 0 Å². The van der Waals surface area contributed by atoms with Crippen LogP contribution in [-0.2, 0) is 22.2 Å². The Kier molecular flexibility index (Phi) is 5.74. The van der Waals surface area contributed by atoms with E-state index in [-0.39, 0.29) is 34.5 Å². The third-order valence-electron chi connectivity index (χ3n) is 5.28. The molecule has 1 heterocycles. The van der Waals surface area contributed by atoms with Crippen molar-refractivity contribution in [2.45, 2.75) is 17.0 Å². The maximum absolute atomic E-state index is 14.9. The highest BCUT2D eigenvalue weighted by Gasteiger charge is 2.43. The van der Waals surface area contributed by atoms with Crippen LogP contribution < -0.4 is 5.14 Å². The van der Waals surface area contributed by atoms with E-state index in [1.165, 1.54) is 41.0 Å². The molecule has 0 radical (unpaired) electrons. The van der Waals surface area contributed by atoms with Crippen molar-refractivity contribution >= 4 is 21.1 Å². The fraction of sp³-hybridized carbons (Fsp3) is 0.136. The number of aromatic nitrogens is 2. The zero-order valence-electron chi connectivity index (χ0n) is 16.9. The van der Waals surface area contributed by atoms with Crippen molar-refractivity contribution in [3.05, 3.63) is 95.1 Å². The first kappa shape index (κ1) is 22.9. The van der Waals surface area contributed by atoms with E-state index in [4.69, 9.17) is 5.14 Å². The zero-order chi connectivity index (χ0) is 24.0. The van der Waals surface area contributed by atoms with E-state index in [1.54, 1.807) is 0 Å². The summed E-state index contributed by atoms with van der Waals surface area (Å²) >= 11 is 0. The molecular weight excluding hydrogens is 459 g/mol. The lowest BCUT2D eigenvalue weighted by Crippen LogP contribution is -2.35. The van der Waals surface area contributed by atoms with E-state index in [2.05, 4.69) is 4.98 Å². The van der Waals surface area contributed by atoms with E-state index in [0.717, 1.165) is 24.3 Å². The molecule has 7 nitrogen and oxygen atoms in total. The van der Waals surface area contributed by atoms with Crippen LogP contribution in [0.15, 0.2) is 65.6 Å². The quantitative estimate of drug-likeness (QED) is 0.394. The number of hydrogen-bond donors (Lipinski definition) is 3. The number of aliphatic hydroxyl groups is 2. The fourth-order valence-electron chi connectivity index (χ4n) is 3.84. The van der Waals surface area contributed by atoms with Gasteiger partial charge in [0.1, 0.15) is 22.3 Å². The van der Waals surface area contributed by atoms with Gasteiger partial charge in [-0.3, -0.25) is 0 Å². The fourth-order valence-corrected chi connectivity index (χ4v) is 4.45. The molecule has 11 heteroatoms. The van der Waals surface area contributed by atoms with Gasteiger partial charge in [-0.2, -0.15) is 0 Å². The number of nitrogens with zero attached hydrogens (tertiary/aromatic N) is 2. The lowest BCUT2D eigenvalue weighted by Gasteiger charge is -2.30. The predicted molar refractivity (Wildman–Crippen MR) is 113 cm³/mol. The number of aliphatic hydroxyl groups excluding tert-OH is 1. The van der Waals surface area contributed by atoms with Gasteiger partial charge in [-0.15, -0.1) is 0 Å². The zero-order valence-corrected chi connectivity index (χ0v) is 17.7. The Morgan fingerprint density at radius 1 is 0.939 bits per heavy atom. The molecule has 4 rings (SSSR count). The second kappa shape index (κ2) is 8.27. The molecule has 3 aromatic carbocycles. The van der Waals surface area contributed by atoms with Gasteiger partial charge < -0.3 is 14.8 Å². The number of nitrogens with two attached hydrogens (primary N) is 1. The molecule has 172 valence electrons. The number of rotatable bonds is 6. The Balaban J connectivity index is 2.15. The Labute approximate surface area is 186 Å². The number of fused-ring (bicyclic) bond motifs is 1. The van der Waals surface area contributed by atoms with Gasteiger partial charge in [0.15, 0.2) is 11.4 Å². The normalized spacial score (nSPS) is 12.4. The van der Waals surface area contributed by atoms with E-state index < -0.39 is 44.6 Å². The summed E-state index contributed by atoms with van der Waals surface area (Å²) in [5.74, 6) is -3.29. The molecule has 0 unspecified atom stereocenters. The van der Waals surface area contributed by atoms with Gasteiger partial charge in [0.05, 0.1) is 17.6 Å². The Hall–Kier alpha value is -3.25. The number of hydrogen-bond acceptors (Lipinski definition) is 5.